The molecule has 2 rings (SSSR count). The number of carbonyl (C=O) groups excluding carboxylic acids is 2. The first-order valence-electron chi connectivity index (χ1n) is 7.80. The predicted octanol–water partition coefficient (Wildman–Crippen LogP) is 2.35. The molecule has 1 aromatic carbocycles. The first-order valence-corrected chi connectivity index (χ1v) is 7.80. The summed E-state index contributed by atoms with van der Waals surface area (Å²) >= 11 is 0. The van der Waals surface area contributed by atoms with Crippen LogP contribution in [0.25, 0.3) is 0 Å². The van der Waals surface area contributed by atoms with E-state index in [4.69, 9.17) is 4.74 Å². The Morgan fingerprint density at radius 3 is 2.77 bits per heavy atom. The highest BCUT2D eigenvalue weighted by Crippen LogP contribution is 2.31. The summed E-state index contributed by atoms with van der Waals surface area (Å²) in [6.07, 6.45) is 1.06. The average Bonchev–Trinajstić information content (AvgIpc) is 2.49. The molecule has 0 unspecified atom stereocenters. The molecule has 22 heavy (non-hydrogen) atoms. The molecule has 0 spiro atoms. The van der Waals surface area contributed by atoms with Gasteiger partial charge in [-0.1, -0.05) is 26.0 Å². The number of rotatable bonds is 6. The van der Waals surface area contributed by atoms with Gasteiger partial charge in [-0.05, 0) is 31.4 Å². The standard InChI is InChI=1S/C17H24N2O3/c1-12(2)13(3)18-16(20)9-6-10-19-14-7-4-5-8-15(14)22-11-17(19)21/h4-5,7-8,12-13H,6,9-11H2,1-3H3,(H,18,20)/t13-/m1/s1. The third-order valence-corrected chi connectivity index (χ3v) is 3.98. The van der Waals surface area contributed by atoms with Gasteiger partial charge in [0.05, 0.1) is 5.69 Å². The minimum absolute atomic E-state index is 0.0372. The fraction of sp³-hybridized carbons (Fsp3) is 0.529. The van der Waals surface area contributed by atoms with Gasteiger partial charge < -0.3 is 15.0 Å². The molecule has 0 aromatic heterocycles. The van der Waals surface area contributed by atoms with Crippen molar-refractivity contribution in [2.75, 3.05) is 18.1 Å². The van der Waals surface area contributed by atoms with E-state index in [1.54, 1.807) is 4.90 Å². The Hall–Kier alpha value is -2.04. The summed E-state index contributed by atoms with van der Waals surface area (Å²) < 4.78 is 5.40. The lowest BCUT2D eigenvalue weighted by molar-refractivity contribution is -0.123. The number of benzene rings is 1. The first kappa shape index (κ1) is 16.3. The van der Waals surface area contributed by atoms with Crippen molar-refractivity contribution in [1.82, 2.24) is 5.32 Å². The molecule has 1 N–H and O–H groups in total. The molecule has 0 saturated heterocycles. The fourth-order valence-electron chi connectivity index (χ4n) is 2.29. The van der Waals surface area contributed by atoms with Gasteiger partial charge in [0.15, 0.2) is 6.61 Å². The minimum Gasteiger partial charge on any atom is -0.482 e. The van der Waals surface area contributed by atoms with Crippen LogP contribution in [0.1, 0.15) is 33.6 Å². The lowest BCUT2D eigenvalue weighted by atomic mass is 10.1. The highest BCUT2D eigenvalue weighted by atomic mass is 16.5. The summed E-state index contributed by atoms with van der Waals surface area (Å²) in [5, 5.41) is 2.98. The van der Waals surface area contributed by atoms with Gasteiger partial charge >= 0.3 is 0 Å². The maximum absolute atomic E-state index is 12.0. The lowest BCUT2D eigenvalue weighted by Crippen LogP contribution is -2.40. The Labute approximate surface area is 131 Å². The number of nitrogens with one attached hydrogen (secondary N) is 1. The minimum atomic E-state index is -0.0605. The molecule has 120 valence electrons. The van der Waals surface area contributed by atoms with Crippen molar-refractivity contribution in [3.8, 4) is 5.75 Å². The number of carbonyl (C=O) groups is 2. The van der Waals surface area contributed by atoms with Crippen LogP contribution in [0, 0.1) is 5.92 Å². The van der Waals surface area contributed by atoms with E-state index in [-0.39, 0.29) is 24.5 Å². The van der Waals surface area contributed by atoms with E-state index in [1.807, 2.05) is 31.2 Å². The van der Waals surface area contributed by atoms with Crippen molar-refractivity contribution in [2.45, 2.75) is 39.7 Å². The Morgan fingerprint density at radius 2 is 2.05 bits per heavy atom. The molecule has 1 aromatic rings. The number of ether oxygens (including phenoxy) is 1. The third kappa shape index (κ3) is 4.00. The normalized spacial score (nSPS) is 15.3. The van der Waals surface area contributed by atoms with Gasteiger partial charge in [0.25, 0.3) is 5.91 Å². The Morgan fingerprint density at radius 1 is 1.32 bits per heavy atom. The maximum Gasteiger partial charge on any atom is 0.265 e. The topological polar surface area (TPSA) is 58.6 Å². The average molecular weight is 304 g/mol. The van der Waals surface area contributed by atoms with Crippen molar-refractivity contribution in [3.63, 3.8) is 0 Å². The number of anilines is 1. The zero-order chi connectivity index (χ0) is 16.1. The molecule has 1 atom stereocenters. The van der Waals surface area contributed by atoms with Crippen molar-refractivity contribution in [3.05, 3.63) is 24.3 Å². The van der Waals surface area contributed by atoms with E-state index >= 15 is 0 Å². The van der Waals surface area contributed by atoms with Gasteiger partial charge in [0.1, 0.15) is 5.75 Å². The Balaban J connectivity index is 1.87. The third-order valence-electron chi connectivity index (χ3n) is 3.98. The number of nitrogens with zero attached hydrogens (tertiary/aromatic N) is 1. The van der Waals surface area contributed by atoms with E-state index in [0.717, 1.165) is 11.4 Å². The molecular weight excluding hydrogens is 280 g/mol. The summed E-state index contributed by atoms with van der Waals surface area (Å²) in [6.45, 7) is 6.75. The number of hydrogen-bond donors (Lipinski definition) is 1. The molecule has 0 fully saturated rings. The van der Waals surface area contributed by atoms with Crippen molar-refractivity contribution in [1.29, 1.82) is 0 Å². The molecule has 0 radical (unpaired) electrons. The van der Waals surface area contributed by atoms with E-state index in [9.17, 15) is 9.59 Å². The van der Waals surface area contributed by atoms with E-state index in [2.05, 4.69) is 19.2 Å². The SMILES string of the molecule is CC(C)[C@@H](C)NC(=O)CCCN1C(=O)COc2ccccc21. The van der Waals surface area contributed by atoms with Crippen LogP contribution < -0.4 is 15.0 Å². The van der Waals surface area contributed by atoms with Gasteiger partial charge in [-0.3, -0.25) is 9.59 Å². The summed E-state index contributed by atoms with van der Waals surface area (Å²) in [6, 6.07) is 7.65. The van der Waals surface area contributed by atoms with Crippen LogP contribution >= 0.6 is 0 Å². The highest BCUT2D eigenvalue weighted by Gasteiger charge is 2.24. The smallest absolute Gasteiger partial charge is 0.265 e. The maximum atomic E-state index is 12.0. The fourth-order valence-corrected chi connectivity index (χ4v) is 2.29. The molecular formula is C17H24N2O3. The molecule has 1 aliphatic heterocycles. The van der Waals surface area contributed by atoms with Gasteiger partial charge in [0, 0.05) is 19.0 Å². The van der Waals surface area contributed by atoms with E-state index < -0.39 is 0 Å². The summed E-state index contributed by atoms with van der Waals surface area (Å²) in [5.74, 6) is 1.11. The summed E-state index contributed by atoms with van der Waals surface area (Å²) in [7, 11) is 0. The van der Waals surface area contributed by atoms with Gasteiger partial charge in [-0.2, -0.15) is 0 Å². The molecule has 5 heteroatoms. The second-order valence-electron chi connectivity index (χ2n) is 6.01. The number of hydrogen-bond acceptors (Lipinski definition) is 3. The number of amides is 2. The molecule has 5 nitrogen and oxygen atoms in total. The van der Waals surface area contributed by atoms with Gasteiger partial charge in [-0.25, -0.2) is 0 Å². The molecule has 0 bridgehead atoms. The second kappa shape index (κ2) is 7.29. The molecule has 1 aliphatic rings. The van der Waals surface area contributed by atoms with Crippen molar-refractivity contribution < 1.29 is 14.3 Å². The summed E-state index contributed by atoms with van der Waals surface area (Å²) in [4.78, 5) is 25.6. The van der Waals surface area contributed by atoms with Gasteiger partial charge in [-0.15, -0.1) is 0 Å². The zero-order valence-electron chi connectivity index (χ0n) is 13.5. The van der Waals surface area contributed by atoms with Crippen LogP contribution in [0.2, 0.25) is 0 Å². The van der Waals surface area contributed by atoms with E-state index in [1.165, 1.54) is 0 Å². The van der Waals surface area contributed by atoms with Crippen molar-refractivity contribution in [2.24, 2.45) is 5.92 Å². The number of para-hydroxylation sites is 2. The summed E-state index contributed by atoms with van der Waals surface area (Å²) in [5.41, 5.74) is 0.787. The molecule has 1 heterocycles. The first-order chi connectivity index (χ1) is 10.5. The van der Waals surface area contributed by atoms with Crippen LogP contribution in [0.4, 0.5) is 5.69 Å². The Kier molecular flexibility index (Phi) is 5.41. The van der Waals surface area contributed by atoms with E-state index in [0.29, 0.717) is 25.3 Å². The van der Waals surface area contributed by atoms with Crippen LogP contribution in [0.15, 0.2) is 24.3 Å². The highest BCUT2D eigenvalue weighted by molar-refractivity contribution is 5.97. The van der Waals surface area contributed by atoms with Crippen molar-refractivity contribution >= 4 is 17.5 Å². The van der Waals surface area contributed by atoms with Crippen LogP contribution in [0.3, 0.4) is 0 Å². The van der Waals surface area contributed by atoms with Crippen LogP contribution in [-0.2, 0) is 9.59 Å². The van der Waals surface area contributed by atoms with Crippen LogP contribution in [0.5, 0.6) is 5.75 Å². The molecule has 0 saturated carbocycles. The molecule has 0 aliphatic carbocycles. The predicted molar refractivity (Wildman–Crippen MR) is 86.0 cm³/mol. The largest absolute Gasteiger partial charge is 0.482 e. The number of fused-ring (bicyclic) bond motifs is 1. The monoisotopic (exact) mass is 304 g/mol. The lowest BCUT2D eigenvalue weighted by Gasteiger charge is -2.29. The molecule has 2 amide bonds. The Bertz CT molecular complexity index is 542. The second-order valence-corrected chi connectivity index (χ2v) is 6.01. The quantitative estimate of drug-likeness (QED) is 0.877. The van der Waals surface area contributed by atoms with Gasteiger partial charge in [0.2, 0.25) is 5.91 Å². The zero-order valence-corrected chi connectivity index (χ0v) is 13.5. The van der Waals surface area contributed by atoms with Crippen LogP contribution in [-0.4, -0.2) is 31.0 Å².